The minimum Gasteiger partial charge on any atom is -0.444 e. The fourth-order valence-electron chi connectivity index (χ4n) is 1.93. The minimum atomic E-state index is -0.732. The Morgan fingerprint density at radius 1 is 1.21 bits per heavy atom. The quantitative estimate of drug-likeness (QED) is 0.755. The highest BCUT2D eigenvalue weighted by atomic mass is 35.5. The van der Waals surface area contributed by atoms with E-state index in [-0.39, 0.29) is 23.3 Å². The lowest BCUT2D eigenvalue weighted by Crippen LogP contribution is -2.22. The Balaban J connectivity index is 1.66. The molecule has 0 radical (unpaired) electrons. The summed E-state index contributed by atoms with van der Waals surface area (Å²) in [6, 6.07) is 12.2. The van der Waals surface area contributed by atoms with Crippen molar-refractivity contribution in [3.63, 3.8) is 0 Å². The molecule has 0 aliphatic rings. The Morgan fingerprint density at radius 3 is 2.71 bits per heavy atom. The van der Waals surface area contributed by atoms with Gasteiger partial charge in [0.1, 0.15) is 12.3 Å². The van der Waals surface area contributed by atoms with Gasteiger partial charge in [-0.05, 0) is 17.7 Å². The summed E-state index contributed by atoms with van der Waals surface area (Å²) < 4.78 is 6.18. The zero-order valence-electron chi connectivity index (χ0n) is 12.3. The van der Waals surface area contributed by atoms with Gasteiger partial charge in [-0.25, -0.2) is 4.79 Å². The first-order chi connectivity index (χ1) is 11.6. The lowest BCUT2D eigenvalue weighted by Gasteiger charge is -2.04. The number of carbonyl (C=O) groups is 1. The highest BCUT2D eigenvalue weighted by molar-refractivity contribution is 6.29. The van der Waals surface area contributed by atoms with Crippen LogP contribution in [0, 0.1) is 0 Å². The molecule has 0 saturated heterocycles. The van der Waals surface area contributed by atoms with E-state index in [0.717, 1.165) is 10.2 Å². The van der Waals surface area contributed by atoms with Crippen LogP contribution in [0.3, 0.4) is 0 Å². The Bertz CT molecular complexity index is 889. The summed E-state index contributed by atoms with van der Waals surface area (Å²) in [5, 5.41) is 12.7. The van der Waals surface area contributed by atoms with Gasteiger partial charge in [0.25, 0.3) is 5.56 Å². The van der Waals surface area contributed by atoms with Crippen LogP contribution in [0.1, 0.15) is 5.56 Å². The molecule has 0 aliphatic heterocycles. The van der Waals surface area contributed by atoms with Crippen molar-refractivity contribution in [3.05, 3.63) is 69.7 Å². The molecular formula is C15H12ClN5O3. The monoisotopic (exact) mass is 345 g/mol. The van der Waals surface area contributed by atoms with Gasteiger partial charge in [0.05, 0.1) is 0 Å². The van der Waals surface area contributed by atoms with Gasteiger partial charge in [0.2, 0.25) is 0 Å². The van der Waals surface area contributed by atoms with Crippen molar-refractivity contribution in [1.29, 1.82) is 0 Å². The van der Waals surface area contributed by atoms with E-state index in [1.54, 1.807) is 0 Å². The van der Waals surface area contributed by atoms with Gasteiger partial charge in [-0.2, -0.15) is 4.68 Å². The number of hydrogen-bond acceptors (Lipinski definition) is 5. The Kier molecular flexibility index (Phi) is 4.57. The van der Waals surface area contributed by atoms with Gasteiger partial charge in [-0.3, -0.25) is 15.2 Å². The summed E-state index contributed by atoms with van der Waals surface area (Å²) in [7, 11) is 0. The maximum atomic E-state index is 12.2. The van der Waals surface area contributed by atoms with Crippen molar-refractivity contribution in [1.82, 2.24) is 20.0 Å². The number of amides is 1. The number of benzene rings is 1. The van der Waals surface area contributed by atoms with Gasteiger partial charge in [-0.1, -0.05) is 41.9 Å². The van der Waals surface area contributed by atoms with Gasteiger partial charge in [-0.15, -0.1) is 10.2 Å². The van der Waals surface area contributed by atoms with Gasteiger partial charge in [0.15, 0.2) is 11.0 Å². The Hall–Kier alpha value is -3.13. The van der Waals surface area contributed by atoms with Crippen LogP contribution in [0.5, 0.6) is 0 Å². The van der Waals surface area contributed by atoms with E-state index < -0.39 is 11.7 Å². The molecule has 1 amide bonds. The third-order valence-electron chi connectivity index (χ3n) is 3.07. The van der Waals surface area contributed by atoms with E-state index in [4.69, 9.17) is 16.3 Å². The lowest BCUT2D eigenvalue weighted by atomic mass is 10.2. The fraction of sp³-hybridized carbons (Fsp3) is 0.0667. The summed E-state index contributed by atoms with van der Waals surface area (Å²) in [5.41, 5.74) is 0.378. The molecule has 122 valence electrons. The van der Waals surface area contributed by atoms with Crippen LogP contribution in [0.15, 0.2) is 53.5 Å². The van der Waals surface area contributed by atoms with Gasteiger partial charge in [0, 0.05) is 6.20 Å². The molecule has 0 spiro atoms. The maximum Gasteiger partial charge on any atom is 0.412 e. The second-order valence-electron chi connectivity index (χ2n) is 4.73. The van der Waals surface area contributed by atoms with Crippen LogP contribution in [0.4, 0.5) is 10.5 Å². The molecule has 3 aromatic rings. The number of nitrogens with zero attached hydrogens (tertiary/aromatic N) is 3. The molecule has 1 aromatic carbocycles. The topological polar surface area (TPSA) is 102 Å². The molecule has 0 saturated carbocycles. The van der Waals surface area contributed by atoms with Crippen molar-refractivity contribution in [2.45, 2.75) is 6.61 Å². The highest BCUT2D eigenvalue weighted by Gasteiger charge is 2.12. The zero-order valence-corrected chi connectivity index (χ0v) is 13.0. The van der Waals surface area contributed by atoms with Gasteiger partial charge < -0.3 is 4.74 Å². The van der Waals surface area contributed by atoms with E-state index in [9.17, 15) is 9.59 Å². The number of H-pyrrole nitrogens is 1. The van der Waals surface area contributed by atoms with Crippen molar-refractivity contribution in [2.24, 2.45) is 0 Å². The van der Waals surface area contributed by atoms with E-state index in [2.05, 4.69) is 20.6 Å². The van der Waals surface area contributed by atoms with E-state index in [1.165, 1.54) is 18.3 Å². The molecule has 0 aliphatic carbocycles. The number of nitrogens with one attached hydrogen (secondary N) is 2. The number of rotatable bonds is 4. The van der Waals surface area contributed by atoms with Crippen LogP contribution in [-0.4, -0.2) is 26.1 Å². The first-order valence-electron chi connectivity index (χ1n) is 6.91. The summed E-state index contributed by atoms with van der Waals surface area (Å²) in [6.07, 6.45) is 0.604. The fourth-order valence-corrected chi connectivity index (χ4v) is 2.03. The van der Waals surface area contributed by atoms with Crippen molar-refractivity contribution < 1.29 is 9.53 Å². The number of carbonyl (C=O) groups excluding carboxylic acids is 1. The largest absolute Gasteiger partial charge is 0.444 e. The summed E-state index contributed by atoms with van der Waals surface area (Å²) >= 11 is 5.65. The molecule has 2 aromatic heterocycles. The number of halogens is 1. The third-order valence-corrected chi connectivity index (χ3v) is 3.27. The number of ether oxygens (including phenoxy) is 1. The van der Waals surface area contributed by atoms with Crippen molar-refractivity contribution >= 4 is 23.4 Å². The molecular weight excluding hydrogens is 334 g/mol. The van der Waals surface area contributed by atoms with Crippen molar-refractivity contribution in [2.75, 3.05) is 5.32 Å². The number of anilines is 1. The molecule has 3 rings (SSSR count). The van der Waals surface area contributed by atoms with Crippen LogP contribution in [0.2, 0.25) is 5.15 Å². The molecule has 0 atom stereocenters. The normalized spacial score (nSPS) is 10.4. The molecule has 24 heavy (non-hydrogen) atoms. The second kappa shape index (κ2) is 6.97. The molecule has 9 heteroatoms. The minimum absolute atomic E-state index is 0.0322. The van der Waals surface area contributed by atoms with E-state index >= 15 is 0 Å². The van der Waals surface area contributed by atoms with Crippen LogP contribution >= 0.6 is 11.6 Å². The standard InChI is InChI=1S/C15H12ClN5O3/c16-12-6-7-13(20-19-12)21-14(22)11(8-17-21)18-15(23)24-9-10-4-2-1-3-5-10/h1-8,17H,9H2,(H,18,23). The molecule has 2 N–H and O–H groups in total. The lowest BCUT2D eigenvalue weighted by molar-refractivity contribution is 0.155. The highest BCUT2D eigenvalue weighted by Crippen LogP contribution is 2.07. The number of aromatic nitrogens is 4. The predicted molar refractivity (Wildman–Crippen MR) is 87.2 cm³/mol. The Labute approximate surface area is 141 Å². The maximum absolute atomic E-state index is 12.2. The second-order valence-corrected chi connectivity index (χ2v) is 5.12. The summed E-state index contributed by atoms with van der Waals surface area (Å²) in [4.78, 5) is 24.0. The van der Waals surface area contributed by atoms with Crippen LogP contribution < -0.4 is 10.9 Å². The Morgan fingerprint density at radius 2 is 2.00 bits per heavy atom. The smallest absolute Gasteiger partial charge is 0.412 e. The SMILES string of the molecule is O=C(Nc1c[nH]n(-c2ccc(Cl)nn2)c1=O)OCc1ccccc1. The molecule has 0 bridgehead atoms. The summed E-state index contributed by atoms with van der Waals surface area (Å²) in [5.74, 6) is 0.245. The predicted octanol–water partition coefficient (Wildman–Crippen LogP) is 2.36. The van der Waals surface area contributed by atoms with Gasteiger partial charge >= 0.3 is 6.09 Å². The molecule has 2 heterocycles. The van der Waals surface area contributed by atoms with Crippen molar-refractivity contribution in [3.8, 4) is 5.82 Å². The zero-order chi connectivity index (χ0) is 16.9. The third kappa shape index (κ3) is 3.61. The first-order valence-corrected chi connectivity index (χ1v) is 7.29. The number of aromatic amines is 1. The van der Waals surface area contributed by atoms with E-state index in [1.807, 2.05) is 30.3 Å². The molecule has 0 fully saturated rings. The molecule has 8 nitrogen and oxygen atoms in total. The number of hydrogen-bond donors (Lipinski definition) is 2. The summed E-state index contributed by atoms with van der Waals surface area (Å²) in [6.45, 7) is 0.105. The average molecular weight is 346 g/mol. The van der Waals surface area contributed by atoms with Crippen LogP contribution in [0.25, 0.3) is 5.82 Å². The van der Waals surface area contributed by atoms with E-state index in [0.29, 0.717) is 0 Å². The average Bonchev–Trinajstić information content (AvgIpc) is 2.95. The van der Waals surface area contributed by atoms with Crippen LogP contribution in [-0.2, 0) is 11.3 Å². The molecule has 0 unspecified atom stereocenters. The first kappa shape index (κ1) is 15.8.